The molecule has 0 bridgehead atoms. The van der Waals surface area contributed by atoms with Gasteiger partial charge in [0.15, 0.2) is 0 Å². The van der Waals surface area contributed by atoms with Gasteiger partial charge in [-0.15, -0.1) is 0 Å². The molecule has 1 saturated heterocycles. The van der Waals surface area contributed by atoms with Gasteiger partial charge in [-0.05, 0) is 32.0 Å². The predicted octanol–water partition coefficient (Wildman–Crippen LogP) is 2.90. The van der Waals surface area contributed by atoms with Crippen LogP contribution in [0.2, 0.25) is 0 Å². The van der Waals surface area contributed by atoms with E-state index in [9.17, 15) is 18.0 Å². The monoisotopic (exact) mass is 346 g/mol. The number of carbonyl (C=O) groups is 1. The van der Waals surface area contributed by atoms with Crippen molar-refractivity contribution in [1.29, 1.82) is 0 Å². The molecule has 24 heavy (non-hydrogen) atoms. The SMILES string of the molecule is COCC(=O)Nc1ccc(N2C[C@@H](C)O[C@@H](C)C2)c(C(F)(F)F)c1. The molecule has 5 nitrogen and oxygen atoms in total. The average molecular weight is 346 g/mol. The van der Waals surface area contributed by atoms with Gasteiger partial charge in [-0.2, -0.15) is 13.2 Å². The summed E-state index contributed by atoms with van der Waals surface area (Å²) in [6.07, 6.45) is -4.84. The molecule has 1 aliphatic rings. The predicted molar refractivity (Wildman–Crippen MR) is 84.2 cm³/mol. The number of halogens is 3. The third-order valence-electron chi connectivity index (χ3n) is 3.62. The fourth-order valence-electron chi connectivity index (χ4n) is 2.82. The average Bonchev–Trinajstić information content (AvgIpc) is 2.45. The van der Waals surface area contributed by atoms with E-state index in [1.807, 2.05) is 13.8 Å². The van der Waals surface area contributed by atoms with Crippen LogP contribution in [0, 0.1) is 0 Å². The summed E-state index contributed by atoms with van der Waals surface area (Å²) in [7, 11) is 1.34. The van der Waals surface area contributed by atoms with Crippen LogP contribution < -0.4 is 10.2 Å². The number of hydrogen-bond acceptors (Lipinski definition) is 4. The zero-order valence-corrected chi connectivity index (χ0v) is 13.8. The van der Waals surface area contributed by atoms with Gasteiger partial charge in [0.1, 0.15) is 6.61 Å². The fourth-order valence-corrected chi connectivity index (χ4v) is 2.82. The lowest BCUT2D eigenvalue weighted by Gasteiger charge is -2.38. The Morgan fingerprint density at radius 1 is 1.33 bits per heavy atom. The zero-order valence-electron chi connectivity index (χ0n) is 13.8. The lowest BCUT2D eigenvalue weighted by molar-refractivity contribution is -0.137. The molecular formula is C16H21F3N2O3. The number of rotatable bonds is 4. The maximum Gasteiger partial charge on any atom is 0.418 e. The van der Waals surface area contributed by atoms with Crippen molar-refractivity contribution < 1.29 is 27.4 Å². The summed E-state index contributed by atoms with van der Waals surface area (Å²) >= 11 is 0. The number of anilines is 2. The zero-order chi connectivity index (χ0) is 17.9. The smallest absolute Gasteiger partial charge is 0.375 e. The molecule has 8 heteroatoms. The van der Waals surface area contributed by atoms with Crippen LogP contribution in [0.5, 0.6) is 0 Å². The van der Waals surface area contributed by atoms with Crippen molar-refractivity contribution in [2.45, 2.75) is 32.2 Å². The summed E-state index contributed by atoms with van der Waals surface area (Å²) in [5.41, 5.74) is -0.601. The first-order valence-electron chi connectivity index (χ1n) is 7.61. The van der Waals surface area contributed by atoms with Crippen molar-refractivity contribution in [2.75, 3.05) is 37.0 Å². The molecule has 1 N–H and O–H groups in total. The Bertz CT molecular complexity index is 582. The van der Waals surface area contributed by atoms with E-state index >= 15 is 0 Å². The number of hydrogen-bond donors (Lipinski definition) is 1. The van der Waals surface area contributed by atoms with E-state index in [4.69, 9.17) is 4.74 Å². The summed E-state index contributed by atoms with van der Waals surface area (Å²) in [5.74, 6) is -0.507. The molecule has 2 atom stereocenters. The van der Waals surface area contributed by atoms with E-state index in [1.54, 1.807) is 4.90 Å². The van der Waals surface area contributed by atoms with Crippen molar-refractivity contribution in [3.05, 3.63) is 23.8 Å². The maximum absolute atomic E-state index is 13.5. The molecular weight excluding hydrogens is 325 g/mol. The maximum atomic E-state index is 13.5. The Morgan fingerprint density at radius 2 is 1.96 bits per heavy atom. The van der Waals surface area contributed by atoms with Crippen molar-refractivity contribution in [3.8, 4) is 0 Å². The van der Waals surface area contributed by atoms with Crippen LogP contribution in [0.1, 0.15) is 19.4 Å². The third-order valence-corrected chi connectivity index (χ3v) is 3.62. The minimum Gasteiger partial charge on any atom is -0.375 e. The van der Waals surface area contributed by atoms with Crippen LogP contribution >= 0.6 is 0 Å². The largest absolute Gasteiger partial charge is 0.418 e. The number of morpholine rings is 1. The number of alkyl halides is 3. The van der Waals surface area contributed by atoms with E-state index in [0.29, 0.717) is 13.1 Å². The van der Waals surface area contributed by atoms with E-state index in [-0.39, 0.29) is 30.2 Å². The first kappa shape index (κ1) is 18.5. The van der Waals surface area contributed by atoms with Gasteiger partial charge in [-0.3, -0.25) is 4.79 Å². The van der Waals surface area contributed by atoms with Crippen molar-refractivity contribution in [2.24, 2.45) is 0 Å². The van der Waals surface area contributed by atoms with Crippen LogP contribution in [-0.2, 0) is 20.4 Å². The molecule has 0 aliphatic carbocycles. The van der Waals surface area contributed by atoms with E-state index in [1.165, 1.54) is 19.2 Å². The molecule has 1 amide bonds. The van der Waals surface area contributed by atoms with Crippen molar-refractivity contribution in [1.82, 2.24) is 0 Å². The molecule has 1 fully saturated rings. The summed E-state index contributed by atoms with van der Waals surface area (Å²) in [6.45, 7) is 4.19. The Morgan fingerprint density at radius 3 is 2.50 bits per heavy atom. The second-order valence-electron chi connectivity index (χ2n) is 5.87. The van der Waals surface area contributed by atoms with Gasteiger partial charge < -0.3 is 19.7 Å². The summed E-state index contributed by atoms with van der Waals surface area (Å²) in [6, 6.07) is 3.80. The summed E-state index contributed by atoms with van der Waals surface area (Å²) in [5, 5.41) is 2.40. The second kappa shape index (κ2) is 7.40. The number of amides is 1. The van der Waals surface area contributed by atoms with Gasteiger partial charge in [-0.25, -0.2) is 0 Å². The van der Waals surface area contributed by atoms with E-state index < -0.39 is 17.6 Å². The highest BCUT2D eigenvalue weighted by atomic mass is 19.4. The van der Waals surface area contributed by atoms with Gasteiger partial charge >= 0.3 is 6.18 Å². The first-order chi connectivity index (χ1) is 11.2. The molecule has 1 aromatic carbocycles. The van der Waals surface area contributed by atoms with Gasteiger partial charge in [0, 0.05) is 31.6 Å². The number of methoxy groups -OCH3 is 1. The lowest BCUT2D eigenvalue weighted by atomic mass is 10.1. The summed E-state index contributed by atoms with van der Waals surface area (Å²) < 4.78 is 50.6. The minimum atomic E-state index is -4.53. The Balaban J connectivity index is 2.32. The highest BCUT2D eigenvalue weighted by molar-refractivity contribution is 5.92. The number of ether oxygens (including phenoxy) is 2. The quantitative estimate of drug-likeness (QED) is 0.911. The third kappa shape index (κ3) is 4.61. The van der Waals surface area contributed by atoms with Crippen LogP contribution in [0.15, 0.2) is 18.2 Å². The molecule has 0 unspecified atom stereocenters. The van der Waals surface area contributed by atoms with Gasteiger partial charge in [0.05, 0.1) is 17.8 Å². The fraction of sp³-hybridized carbons (Fsp3) is 0.562. The van der Waals surface area contributed by atoms with Gasteiger partial charge in [-0.1, -0.05) is 0 Å². The van der Waals surface area contributed by atoms with Crippen LogP contribution in [0.3, 0.4) is 0 Å². The summed E-state index contributed by atoms with van der Waals surface area (Å²) in [4.78, 5) is 13.2. The number of benzene rings is 1. The molecule has 0 aromatic heterocycles. The lowest BCUT2D eigenvalue weighted by Crippen LogP contribution is -2.46. The number of carbonyl (C=O) groups excluding carboxylic acids is 1. The van der Waals surface area contributed by atoms with E-state index in [0.717, 1.165) is 6.07 Å². The first-order valence-corrected chi connectivity index (χ1v) is 7.61. The van der Waals surface area contributed by atoms with E-state index in [2.05, 4.69) is 10.1 Å². The van der Waals surface area contributed by atoms with Crippen molar-refractivity contribution >= 4 is 17.3 Å². The topological polar surface area (TPSA) is 50.8 Å². The van der Waals surface area contributed by atoms with Crippen LogP contribution in [0.25, 0.3) is 0 Å². The minimum absolute atomic E-state index is 0.0856. The molecule has 2 rings (SSSR count). The molecule has 1 heterocycles. The second-order valence-corrected chi connectivity index (χ2v) is 5.87. The Kier molecular flexibility index (Phi) is 5.71. The highest BCUT2D eigenvalue weighted by Crippen LogP contribution is 2.39. The van der Waals surface area contributed by atoms with Crippen LogP contribution in [-0.4, -0.2) is 44.9 Å². The number of nitrogens with one attached hydrogen (secondary N) is 1. The standard InChI is InChI=1S/C16H21F3N2O3/c1-10-7-21(8-11(2)24-10)14-5-4-12(20-15(22)9-23-3)6-13(14)16(17,18)19/h4-6,10-11H,7-9H2,1-3H3,(H,20,22)/t10-,11+. The Hall–Kier alpha value is -1.80. The number of nitrogens with zero attached hydrogens (tertiary/aromatic N) is 1. The molecule has 0 spiro atoms. The van der Waals surface area contributed by atoms with Crippen molar-refractivity contribution in [3.63, 3.8) is 0 Å². The molecule has 134 valence electrons. The van der Waals surface area contributed by atoms with Gasteiger partial charge in [0.25, 0.3) is 0 Å². The molecule has 0 saturated carbocycles. The molecule has 1 aliphatic heterocycles. The molecule has 0 radical (unpaired) electrons. The molecule has 1 aromatic rings. The van der Waals surface area contributed by atoms with Gasteiger partial charge in [0.2, 0.25) is 5.91 Å². The highest BCUT2D eigenvalue weighted by Gasteiger charge is 2.36. The van der Waals surface area contributed by atoms with Crippen LogP contribution in [0.4, 0.5) is 24.5 Å². The normalized spacial score (nSPS) is 21.7. The Labute approximate surface area is 138 Å².